The third-order valence-corrected chi connectivity index (χ3v) is 7.15. The summed E-state index contributed by atoms with van der Waals surface area (Å²) < 4.78 is 20.9. The van der Waals surface area contributed by atoms with Gasteiger partial charge in [0.25, 0.3) is 5.91 Å². The number of rotatable bonds is 5. The smallest absolute Gasteiger partial charge is 0.414 e. The molecule has 1 aliphatic carbocycles. The number of nitrogens with one attached hydrogen (secondary N) is 1. The van der Waals surface area contributed by atoms with E-state index in [4.69, 9.17) is 17.0 Å². The quantitative estimate of drug-likeness (QED) is 0.590. The van der Waals surface area contributed by atoms with Gasteiger partial charge in [-0.1, -0.05) is 34.2 Å². The van der Waals surface area contributed by atoms with Crippen LogP contribution in [0.4, 0.5) is 20.6 Å². The maximum Gasteiger partial charge on any atom is 0.414 e. The first-order chi connectivity index (χ1) is 14.9. The molecule has 2 amide bonds. The molecular weight excluding hydrogens is 505 g/mol. The summed E-state index contributed by atoms with van der Waals surface area (Å²) in [5.41, 5.74) is 1.42. The van der Waals surface area contributed by atoms with Crippen LogP contribution in [0.15, 0.2) is 40.4 Å². The largest absolute Gasteiger partial charge is 0.442 e. The summed E-state index contributed by atoms with van der Waals surface area (Å²) in [7, 11) is 0. The fourth-order valence-electron chi connectivity index (χ4n) is 3.63. The van der Waals surface area contributed by atoms with Crippen molar-refractivity contribution in [3.8, 4) is 0 Å². The minimum absolute atomic E-state index is 0.147. The molecule has 1 N–H and O–H groups in total. The van der Waals surface area contributed by atoms with E-state index in [0.29, 0.717) is 28.2 Å². The van der Waals surface area contributed by atoms with Gasteiger partial charge in [-0.2, -0.15) is 11.8 Å². The molecule has 0 aromatic heterocycles. The van der Waals surface area contributed by atoms with Crippen LogP contribution in [0.3, 0.4) is 0 Å². The SMILES string of the molecule is O=C(NC[C@H]1CN(c2ccc(N3CCSCC3)c(F)c2)C(=O)O1)C1=CC(Br)=CCC1=S. The summed E-state index contributed by atoms with van der Waals surface area (Å²) in [6, 6.07) is 4.82. The number of carbonyl (C=O) groups is 2. The molecule has 2 aliphatic heterocycles. The van der Waals surface area contributed by atoms with Gasteiger partial charge in [0.15, 0.2) is 0 Å². The van der Waals surface area contributed by atoms with Crippen molar-refractivity contribution in [2.24, 2.45) is 0 Å². The molecule has 0 saturated carbocycles. The molecule has 164 valence electrons. The molecule has 2 heterocycles. The Kier molecular flexibility index (Phi) is 6.98. The zero-order chi connectivity index (χ0) is 22.0. The van der Waals surface area contributed by atoms with E-state index in [-0.39, 0.29) is 24.8 Å². The Balaban J connectivity index is 1.37. The molecule has 3 aliphatic rings. The zero-order valence-electron chi connectivity index (χ0n) is 16.6. The Morgan fingerprint density at radius 2 is 2.13 bits per heavy atom. The number of allylic oxidation sites excluding steroid dienone is 3. The fourth-order valence-corrected chi connectivity index (χ4v) is 5.16. The van der Waals surface area contributed by atoms with Crippen LogP contribution in [0.25, 0.3) is 0 Å². The van der Waals surface area contributed by atoms with Gasteiger partial charge in [-0.05, 0) is 24.3 Å². The monoisotopic (exact) mass is 525 g/mol. The highest BCUT2D eigenvalue weighted by atomic mass is 79.9. The Hall–Kier alpha value is -1.91. The number of amides is 2. The summed E-state index contributed by atoms with van der Waals surface area (Å²) in [5, 5.41) is 2.77. The number of nitrogens with zero attached hydrogens (tertiary/aromatic N) is 2. The molecule has 0 bridgehead atoms. The lowest BCUT2D eigenvalue weighted by Crippen LogP contribution is -2.36. The number of hydrogen-bond donors (Lipinski definition) is 1. The number of ether oxygens (including phenoxy) is 1. The van der Waals surface area contributed by atoms with E-state index in [1.807, 2.05) is 22.7 Å². The average Bonchev–Trinajstić information content (AvgIpc) is 3.14. The predicted molar refractivity (Wildman–Crippen MR) is 129 cm³/mol. The van der Waals surface area contributed by atoms with Crippen molar-refractivity contribution < 1.29 is 18.7 Å². The van der Waals surface area contributed by atoms with E-state index in [2.05, 4.69) is 21.2 Å². The third kappa shape index (κ3) is 5.12. The van der Waals surface area contributed by atoms with Crippen molar-refractivity contribution in [3.05, 3.63) is 46.2 Å². The van der Waals surface area contributed by atoms with Gasteiger partial charge in [0.05, 0.1) is 30.0 Å². The summed E-state index contributed by atoms with van der Waals surface area (Å²) >= 11 is 10.5. The lowest BCUT2D eigenvalue weighted by atomic mass is 10.0. The van der Waals surface area contributed by atoms with Crippen LogP contribution < -0.4 is 15.1 Å². The number of carbonyl (C=O) groups excluding carboxylic acids is 2. The molecule has 6 nitrogen and oxygen atoms in total. The van der Waals surface area contributed by atoms with Gasteiger partial charge in [-0.3, -0.25) is 9.69 Å². The van der Waals surface area contributed by atoms with Crippen molar-refractivity contribution in [1.82, 2.24) is 5.32 Å². The summed E-state index contributed by atoms with van der Waals surface area (Å²) in [5.74, 6) is 1.29. The van der Waals surface area contributed by atoms with Crippen LogP contribution >= 0.6 is 39.9 Å². The molecular formula is C21H21BrFN3O3S2. The minimum atomic E-state index is -0.557. The van der Waals surface area contributed by atoms with Crippen LogP contribution in [-0.2, 0) is 9.53 Å². The number of halogens is 2. The van der Waals surface area contributed by atoms with Crippen LogP contribution in [0.2, 0.25) is 0 Å². The maximum absolute atomic E-state index is 14.7. The second kappa shape index (κ2) is 9.70. The summed E-state index contributed by atoms with van der Waals surface area (Å²) in [6.07, 6.45) is 3.01. The van der Waals surface area contributed by atoms with Gasteiger partial charge in [0, 0.05) is 40.4 Å². The zero-order valence-corrected chi connectivity index (χ0v) is 19.8. The van der Waals surface area contributed by atoms with Crippen LogP contribution in [0.5, 0.6) is 0 Å². The van der Waals surface area contributed by atoms with Gasteiger partial charge in [0.1, 0.15) is 11.9 Å². The van der Waals surface area contributed by atoms with Crippen molar-refractivity contribution in [3.63, 3.8) is 0 Å². The Morgan fingerprint density at radius 1 is 1.35 bits per heavy atom. The molecule has 0 unspecified atom stereocenters. The van der Waals surface area contributed by atoms with E-state index < -0.39 is 12.2 Å². The first-order valence-electron chi connectivity index (χ1n) is 9.91. The molecule has 0 radical (unpaired) electrons. The summed E-state index contributed by atoms with van der Waals surface area (Å²) in [6.45, 7) is 1.99. The lowest BCUT2D eigenvalue weighted by Gasteiger charge is -2.29. The fraction of sp³-hybridized carbons (Fsp3) is 0.381. The Bertz CT molecular complexity index is 979. The molecule has 1 atom stereocenters. The van der Waals surface area contributed by atoms with Crippen molar-refractivity contribution in [2.45, 2.75) is 12.5 Å². The van der Waals surface area contributed by atoms with E-state index >= 15 is 0 Å². The molecule has 0 spiro atoms. The van der Waals surface area contributed by atoms with Gasteiger partial charge in [0.2, 0.25) is 0 Å². The van der Waals surface area contributed by atoms with Crippen LogP contribution in [0, 0.1) is 5.82 Å². The number of hydrogen-bond acceptors (Lipinski definition) is 6. The van der Waals surface area contributed by atoms with E-state index in [1.165, 1.54) is 11.0 Å². The second-order valence-corrected chi connectivity index (χ2v) is 9.97. The van der Waals surface area contributed by atoms with E-state index in [9.17, 15) is 14.0 Å². The standard InChI is InChI=1S/C21H21BrFN3O3S2/c22-13-1-4-19(30)16(9-13)20(27)24-11-15-12-26(21(28)29-15)14-2-3-18(17(23)10-14)25-5-7-31-8-6-25/h1-3,9-10,15H,4-8,11-12H2,(H,24,27)/t15-/m0/s1. The maximum atomic E-state index is 14.7. The topological polar surface area (TPSA) is 61.9 Å². The molecule has 2 saturated heterocycles. The second-order valence-electron chi connectivity index (χ2n) is 7.34. The van der Waals surface area contributed by atoms with Crippen LogP contribution in [0.1, 0.15) is 6.42 Å². The van der Waals surface area contributed by atoms with Crippen LogP contribution in [-0.4, -0.2) is 60.7 Å². The predicted octanol–water partition coefficient (Wildman–Crippen LogP) is 3.80. The van der Waals surface area contributed by atoms with E-state index in [0.717, 1.165) is 29.1 Å². The number of thioether (sulfide) groups is 1. The molecule has 4 rings (SSSR count). The van der Waals surface area contributed by atoms with E-state index in [1.54, 1.807) is 18.2 Å². The number of cyclic esters (lactones) is 1. The minimum Gasteiger partial charge on any atom is -0.442 e. The molecule has 10 heteroatoms. The molecule has 1 aromatic rings. The molecule has 31 heavy (non-hydrogen) atoms. The normalized spacial score (nSPS) is 21.5. The number of thiocarbonyl (C=S) groups is 1. The van der Waals surface area contributed by atoms with Gasteiger partial charge in [-0.25, -0.2) is 9.18 Å². The first-order valence-corrected chi connectivity index (χ1v) is 12.3. The summed E-state index contributed by atoms with van der Waals surface area (Å²) in [4.78, 5) is 28.8. The molecule has 2 fully saturated rings. The van der Waals surface area contributed by atoms with Crippen molar-refractivity contribution >= 4 is 68.1 Å². The average molecular weight is 526 g/mol. The molecule has 1 aromatic carbocycles. The third-order valence-electron chi connectivity index (χ3n) is 5.27. The van der Waals surface area contributed by atoms with Gasteiger partial charge in [-0.15, -0.1) is 0 Å². The highest BCUT2D eigenvalue weighted by Gasteiger charge is 2.33. The highest BCUT2D eigenvalue weighted by Crippen LogP contribution is 2.29. The van der Waals surface area contributed by atoms with Gasteiger partial charge < -0.3 is 15.0 Å². The lowest BCUT2D eigenvalue weighted by molar-refractivity contribution is -0.117. The number of benzene rings is 1. The van der Waals surface area contributed by atoms with Crippen molar-refractivity contribution in [2.75, 3.05) is 47.5 Å². The first kappa shape index (κ1) is 22.3. The Morgan fingerprint density at radius 3 is 2.87 bits per heavy atom. The van der Waals surface area contributed by atoms with Crippen molar-refractivity contribution in [1.29, 1.82) is 0 Å². The van der Waals surface area contributed by atoms with Gasteiger partial charge >= 0.3 is 6.09 Å². The number of anilines is 2. The highest BCUT2D eigenvalue weighted by molar-refractivity contribution is 9.11. The Labute approximate surface area is 198 Å².